The molecule has 0 atom stereocenters. The molecule has 0 heterocycles. The third kappa shape index (κ3) is 4.51. The molecule has 10 heteroatoms. The van der Waals surface area contributed by atoms with Gasteiger partial charge < -0.3 is 5.11 Å². The number of carbonyl (C=O) groups is 1. The van der Waals surface area contributed by atoms with Crippen LogP contribution in [0.2, 0.25) is 0 Å². The van der Waals surface area contributed by atoms with Crippen molar-refractivity contribution in [3.8, 4) is 0 Å². The van der Waals surface area contributed by atoms with E-state index < -0.39 is 40.1 Å². The molecule has 26 heavy (non-hydrogen) atoms. The summed E-state index contributed by atoms with van der Waals surface area (Å²) in [5.41, 5.74) is -1.47. The Hall–Kier alpha value is -2.62. The summed E-state index contributed by atoms with van der Waals surface area (Å²) in [6, 6.07) is 6.33. The molecule has 0 spiro atoms. The highest BCUT2D eigenvalue weighted by molar-refractivity contribution is 7.92. The maximum Gasteiger partial charge on any atom is 0.416 e. The molecule has 2 rings (SSSR count). The highest BCUT2D eigenvalue weighted by Gasteiger charge is 2.30. The third-order valence-corrected chi connectivity index (χ3v) is 4.64. The standard InChI is InChI=1S/C16H13F4NO4S/c1-26(24,25)21(13-6-4-12(5-7-13)16(18,19)20)9-11-3-2-10(15(22)23)8-14(11)17/h2-8H,9H2,1H3,(H,22,23). The minimum absolute atomic E-state index is 0.0813. The van der Waals surface area contributed by atoms with Crippen molar-refractivity contribution in [2.75, 3.05) is 10.6 Å². The second kappa shape index (κ2) is 6.94. The number of halogens is 4. The first-order valence-electron chi connectivity index (χ1n) is 7.06. The average molecular weight is 391 g/mol. The van der Waals surface area contributed by atoms with Gasteiger partial charge in [0.15, 0.2) is 0 Å². The number of hydrogen-bond acceptors (Lipinski definition) is 3. The summed E-state index contributed by atoms with van der Waals surface area (Å²) in [6.45, 7) is -0.504. The number of alkyl halides is 3. The van der Waals surface area contributed by atoms with Crippen LogP contribution in [0.1, 0.15) is 21.5 Å². The van der Waals surface area contributed by atoms with Crippen LogP contribution in [0.15, 0.2) is 42.5 Å². The van der Waals surface area contributed by atoms with Gasteiger partial charge in [-0.1, -0.05) is 6.07 Å². The summed E-state index contributed by atoms with van der Waals surface area (Å²) in [6.07, 6.45) is -3.75. The Morgan fingerprint density at radius 2 is 1.69 bits per heavy atom. The Morgan fingerprint density at radius 1 is 1.12 bits per heavy atom. The van der Waals surface area contributed by atoms with Crippen molar-refractivity contribution < 1.29 is 35.9 Å². The fourth-order valence-electron chi connectivity index (χ4n) is 2.18. The maximum absolute atomic E-state index is 14.1. The first-order chi connectivity index (χ1) is 11.9. The number of carboxylic acids is 1. The van der Waals surface area contributed by atoms with E-state index in [0.717, 1.165) is 53.0 Å². The van der Waals surface area contributed by atoms with Crippen molar-refractivity contribution in [2.45, 2.75) is 12.7 Å². The molecule has 5 nitrogen and oxygen atoms in total. The zero-order valence-electron chi connectivity index (χ0n) is 13.3. The maximum atomic E-state index is 14.1. The molecule has 0 radical (unpaired) electrons. The lowest BCUT2D eigenvalue weighted by Gasteiger charge is -2.23. The Bertz CT molecular complexity index is 924. The molecule has 0 unspecified atom stereocenters. The molecule has 1 N–H and O–H groups in total. The molecule has 0 fully saturated rings. The van der Waals surface area contributed by atoms with Crippen LogP contribution < -0.4 is 4.31 Å². The van der Waals surface area contributed by atoms with E-state index in [2.05, 4.69) is 0 Å². The first-order valence-corrected chi connectivity index (χ1v) is 8.91. The summed E-state index contributed by atoms with van der Waals surface area (Å²) in [5, 5.41) is 8.82. The number of rotatable bonds is 5. The van der Waals surface area contributed by atoms with Gasteiger partial charge in [-0.15, -0.1) is 0 Å². The fourth-order valence-corrected chi connectivity index (χ4v) is 3.06. The summed E-state index contributed by atoms with van der Waals surface area (Å²) in [4.78, 5) is 10.8. The predicted octanol–water partition coefficient (Wildman–Crippen LogP) is 3.51. The summed E-state index contributed by atoms with van der Waals surface area (Å²) >= 11 is 0. The summed E-state index contributed by atoms with van der Waals surface area (Å²) in [7, 11) is -3.94. The van der Waals surface area contributed by atoms with Crippen molar-refractivity contribution in [1.29, 1.82) is 0 Å². The van der Waals surface area contributed by atoms with E-state index in [4.69, 9.17) is 5.11 Å². The van der Waals surface area contributed by atoms with Crippen LogP contribution in [0, 0.1) is 5.82 Å². The second-order valence-corrected chi connectivity index (χ2v) is 7.33. The van der Waals surface area contributed by atoms with Gasteiger partial charge in [0.05, 0.1) is 29.6 Å². The van der Waals surface area contributed by atoms with Crippen molar-refractivity contribution >= 4 is 21.7 Å². The number of anilines is 1. The largest absolute Gasteiger partial charge is 0.478 e. The minimum atomic E-state index is -4.58. The van der Waals surface area contributed by atoms with Gasteiger partial charge in [0, 0.05) is 5.56 Å². The lowest BCUT2D eigenvalue weighted by Crippen LogP contribution is -2.29. The topological polar surface area (TPSA) is 74.7 Å². The molecular formula is C16H13F4NO4S. The van der Waals surface area contributed by atoms with Crippen molar-refractivity contribution in [2.24, 2.45) is 0 Å². The van der Waals surface area contributed by atoms with Crippen molar-refractivity contribution in [1.82, 2.24) is 0 Å². The van der Waals surface area contributed by atoms with Gasteiger partial charge in [-0.25, -0.2) is 17.6 Å². The van der Waals surface area contributed by atoms with Crippen LogP contribution in [-0.4, -0.2) is 25.7 Å². The van der Waals surface area contributed by atoms with Gasteiger partial charge in [-0.3, -0.25) is 4.31 Å². The molecule has 0 aromatic heterocycles. The lowest BCUT2D eigenvalue weighted by atomic mass is 10.1. The number of benzene rings is 2. The summed E-state index contributed by atoms with van der Waals surface area (Å²) in [5.74, 6) is -2.29. The molecule has 2 aromatic carbocycles. The summed E-state index contributed by atoms with van der Waals surface area (Å²) < 4.78 is 76.7. The molecule has 0 saturated heterocycles. The van der Waals surface area contributed by atoms with E-state index >= 15 is 0 Å². The first kappa shape index (κ1) is 19.7. The van der Waals surface area contributed by atoms with E-state index in [1.54, 1.807) is 0 Å². The molecule has 0 aliphatic heterocycles. The van der Waals surface area contributed by atoms with Crippen LogP contribution in [0.3, 0.4) is 0 Å². The van der Waals surface area contributed by atoms with Crippen molar-refractivity contribution in [3.05, 3.63) is 65.0 Å². The Labute approximate surface area is 146 Å². The van der Waals surface area contributed by atoms with Crippen LogP contribution in [-0.2, 0) is 22.7 Å². The number of carboxylic acid groups (broad SMARTS) is 1. The monoisotopic (exact) mass is 391 g/mol. The fraction of sp³-hybridized carbons (Fsp3) is 0.188. The molecule has 0 aliphatic carbocycles. The lowest BCUT2D eigenvalue weighted by molar-refractivity contribution is -0.137. The highest BCUT2D eigenvalue weighted by Crippen LogP contribution is 2.31. The molecule has 0 amide bonds. The van der Waals surface area contributed by atoms with E-state index in [9.17, 15) is 30.8 Å². The quantitative estimate of drug-likeness (QED) is 0.792. The minimum Gasteiger partial charge on any atom is -0.478 e. The zero-order valence-corrected chi connectivity index (χ0v) is 14.1. The Morgan fingerprint density at radius 3 is 2.12 bits per heavy atom. The van der Waals surface area contributed by atoms with E-state index in [0.29, 0.717) is 0 Å². The van der Waals surface area contributed by atoms with Gasteiger partial charge in [-0.05, 0) is 36.4 Å². The van der Waals surface area contributed by atoms with Gasteiger partial charge in [-0.2, -0.15) is 13.2 Å². The van der Waals surface area contributed by atoms with Crippen LogP contribution in [0.4, 0.5) is 23.2 Å². The van der Waals surface area contributed by atoms with Gasteiger partial charge in [0.25, 0.3) is 0 Å². The number of nitrogens with zero attached hydrogens (tertiary/aromatic N) is 1. The number of hydrogen-bond donors (Lipinski definition) is 1. The Kier molecular flexibility index (Phi) is 5.26. The Balaban J connectivity index is 2.40. The SMILES string of the molecule is CS(=O)(=O)N(Cc1ccc(C(=O)O)cc1F)c1ccc(C(F)(F)F)cc1. The molecule has 140 valence electrons. The van der Waals surface area contributed by atoms with E-state index in [1.807, 2.05) is 0 Å². The van der Waals surface area contributed by atoms with Gasteiger partial charge in [0.1, 0.15) is 5.82 Å². The zero-order chi connectivity index (χ0) is 19.7. The molecular weight excluding hydrogens is 378 g/mol. The van der Waals surface area contributed by atoms with Crippen molar-refractivity contribution in [3.63, 3.8) is 0 Å². The smallest absolute Gasteiger partial charge is 0.416 e. The molecule has 0 aliphatic rings. The highest BCUT2D eigenvalue weighted by atomic mass is 32.2. The van der Waals surface area contributed by atoms with Crippen LogP contribution >= 0.6 is 0 Å². The predicted molar refractivity (Wildman–Crippen MR) is 85.8 cm³/mol. The van der Waals surface area contributed by atoms with Gasteiger partial charge >= 0.3 is 12.1 Å². The molecule has 0 bridgehead atoms. The van der Waals surface area contributed by atoms with E-state index in [-0.39, 0.29) is 16.8 Å². The molecule has 0 saturated carbocycles. The number of sulfonamides is 1. The van der Waals surface area contributed by atoms with Crippen LogP contribution in [0.5, 0.6) is 0 Å². The van der Waals surface area contributed by atoms with Gasteiger partial charge in [0.2, 0.25) is 10.0 Å². The molecule has 2 aromatic rings. The van der Waals surface area contributed by atoms with Crippen LogP contribution in [0.25, 0.3) is 0 Å². The van der Waals surface area contributed by atoms with E-state index in [1.165, 1.54) is 0 Å². The average Bonchev–Trinajstić information content (AvgIpc) is 2.51. The third-order valence-electron chi connectivity index (χ3n) is 3.50. The number of aromatic carboxylic acids is 1. The second-order valence-electron chi connectivity index (χ2n) is 5.43. The normalized spacial score (nSPS) is 12.0.